The number of rotatable bonds is 2. The fourth-order valence-corrected chi connectivity index (χ4v) is 2.52. The van der Waals surface area contributed by atoms with E-state index in [-0.39, 0.29) is 5.43 Å². The zero-order valence-corrected chi connectivity index (χ0v) is 10.4. The summed E-state index contributed by atoms with van der Waals surface area (Å²) in [5.74, 6) is 0. The summed E-state index contributed by atoms with van der Waals surface area (Å²) in [4.78, 5) is 15.9. The molecule has 0 bridgehead atoms. The minimum atomic E-state index is 0.142. The van der Waals surface area contributed by atoms with Crippen LogP contribution in [0.1, 0.15) is 18.9 Å². The Kier molecular flexibility index (Phi) is 2.63. The van der Waals surface area contributed by atoms with Gasteiger partial charge in [-0.25, -0.2) is 0 Å². The maximum atomic E-state index is 12.6. The van der Waals surface area contributed by atoms with Gasteiger partial charge in [-0.05, 0) is 30.2 Å². The van der Waals surface area contributed by atoms with Gasteiger partial charge in [0, 0.05) is 16.3 Å². The summed E-state index contributed by atoms with van der Waals surface area (Å²) in [5, 5.41) is 1.62. The number of H-pyrrole nitrogens is 1. The molecule has 3 aromatic rings. The molecular formula is C16H15NO. The lowest BCUT2D eigenvalue weighted by molar-refractivity contribution is 0.929. The number of aryl methyl sites for hydroxylation is 1. The van der Waals surface area contributed by atoms with Crippen molar-refractivity contribution >= 4 is 21.8 Å². The summed E-state index contributed by atoms with van der Waals surface area (Å²) < 4.78 is 0. The van der Waals surface area contributed by atoms with Gasteiger partial charge in [0.25, 0.3) is 0 Å². The highest BCUT2D eigenvalue weighted by Gasteiger charge is 2.08. The topological polar surface area (TPSA) is 32.9 Å². The van der Waals surface area contributed by atoms with E-state index < -0.39 is 0 Å². The molecule has 1 N–H and O–H groups in total. The second-order valence-corrected chi connectivity index (χ2v) is 4.59. The lowest BCUT2D eigenvalue weighted by Gasteiger charge is -2.07. The molecular weight excluding hydrogens is 222 g/mol. The SMILES string of the molecule is CCCc1cccc2[nH]c3ccccc3c(=O)c12. The minimum Gasteiger partial charge on any atom is -0.354 e. The Hall–Kier alpha value is -2.09. The molecule has 1 aromatic heterocycles. The Morgan fingerprint density at radius 3 is 2.61 bits per heavy atom. The molecule has 18 heavy (non-hydrogen) atoms. The summed E-state index contributed by atoms with van der Waals surface area (Å²) >= 11 is 0. The molecule has 0 atom stereocenters. The maximum Gasteiger partial charge on any atom is 0.197 e. The molecule has 0 aliphatic heterocycles. The molecule has 0 radical (unpaired) electrons. The fourth-order valence-electron chi connectivity index (χ4n) is 2.52. The molecule has 0 spiro atoms. The van der Waals surface area contributed by atoms with Crippen LogP contribution in [-0.2, 0) is 6.42 Å². The molecule has 2 nitrogen and oxygen atoms in total. The van der Waals surface area contributed by atoms with E-state index in [0.29, 0.717) is 0 Å². The van der Waals surface area contributed by atoms with Gasteiger partial charge < -0.3 is 4.98 Å². The van der Waals surface area contributed by atoms with Crippen molar-refractivity contribution in [1.82, 2.24) is 4.98 Å². The quantitative estimate of drug-likeness (QED) is 0.678. The normalized spacial score (nSPS) is 11.2. The Labute approximate surface area is 105 Å². The van der Waals surface area contributed by atoms with Crippen LogP contribution in [0.3, 0.4) is 0 Å². The average molecular weight is 237 g/mol. The van der Waals surface area contributed by atoms with Crippen LogP contribution in [0.25, 0.3) is 21.8 Å². The zero-order chi connectivity index (χ0) is 12.5. The molecule has 0 saturated carbocycles. The Balaban J connectivity index is 2.49. The molecule has 0 aliphatic carbocycles. The first-order chi connectivity index (χ1) is 8.81. The first-order valence-corrected chi connectivity index (χ1v) is 6.34. The van der Waals surface area contributed by atoms with Gasteiger partial charge in [-0.3, -0.25) is 4.79 Å². The summed E-state index contributed by atoms with van der Waals surface area (Å²) in [6.07, 6.45) is 1.99. The summed E-state index contributed by atoms with van der Waals surface area (Å²) in [7, 11) is 0. The number of aromatic amines is 1. The van der Waals surface area contributed by atoms with Crippen LogP contribution in [0, 0.1) is 0 Å². The van der Waals surface area contributed by atoms with Crippen molar-refractivity contribution in [2.45, 2.75) is 19.8 Å². The molecule has 3 rings (SSSR count). The van der Waals surface area contributed by atoms with E-state index in [2.05, 4.69) is 18.0 Å². The van der Waals surface area contributed by atoms with Gasteiger partial charge in [-0.15, -0.1) is 0 Å². The largest absolute Gasteiger partial charge is 0.354 e. The fraction of sp³-hybridized carbons (Fsp3) is 0.188. The van der Waals surface area contributed by atoms with E-state index >= 15 is 0 Å². The summed E-state index contributed by atoms with van der Waals surface area (Å²) in [5.41, 5.74) is 3.12. The summed E-state index contributed by atoms with van der Waals surface area (Å²) in [6, 6.07) is 13.7. The third kappa shape index (κ3) is 1.61. The number of fused-ring (bicyclic) bond motifs is 2. The van der Waals surface area contributed by atoms with E-state index in [0.717, 1.165) is 40.2 Å². The van der Waals surface area contributed by atoms with Crippen LogP contribution in [-0.4, -0.2) is 4.98 Å². The zero-order valence-electron chi connectivity index (χ0n) is 10.4. The third-order valence-corrected chi connectivity index (χ3v) is 3.34. The molecule has 2 heteroatoms. The van der Waals surface area contributed by atoms with Crippen LogP contribution in [0.4, 0.5) is 0 Å². The van der Waals surface area contributed by atoms with Crippen molar-refractivity contribution in [3.8, 4) is 0 Å². The van der Waals surface area contributed by atoms with Crippen LogP contribution >= 0.6 is 0 Å². The second-order valence-electron chi connectivity index (χ2n) is 4.59. The highest BCUT2D eigenvalue weighted by molar-refractivity contribution is 5.94. The Morgan fingerprint density at radius 1 is 1.00 bits per heavy atom. The van der Waals surface area contributed by atoms with E-state index in [9.17, 15) is 4.79 Å². The van der Waals surface area contributed by atoms with Crippen molar-refractivity contribution < 1.29 is 0 Å². The molecule has 0 aliphatic rings. The minimum absolute atomic E-state index is 0.142. The van der Waals surface area contributed by atoms with E-state index in [4.69, 9.17) is 0 Å². The van der Waals surface area contributed by atoms with E-state index in [1.54, 1.807) is 0 Å². The Bertz CT molecular complexity index is 771. The van der Waals surface area contributed by atoms with Crippen LogP contribution in [0.2, 0.25) is 0 Å². The van der Waals surface area contributed by atoms with Gasteiger partial charge in [-0.2, -0.15) is 0 Å². The van der Waals surface area contributed by atoms with Crippen LogP contribution < -0.4 is 5.43 Å². The highest BCUT2D eigenvalue weighted by atomic mass is 16.1. The van der Waals surface area contributed by atoms with E-state index in [1.807, 2.05) is 36.4 Å². The predicted molar refractivity (Wildman–Crippen MR) is 76.1 cm³/mol. The standard InChI is InChI=1S/C16H15NO/c1-2-6-11-7-5-10-14-15(11)16(18)12-8-3-4-9-13(12)17-14/h3-5,7-10H,2,6H2,1H3,(H,17,18). The van der Waals surface area contributed by atoms with Gasteiger partial charge in [0.2, 0.25) is 0 Å². The monoisotopic (exact) mass is 237 g/mol. The van der Waals surface area contributed by atoms with Crippen molar-refractivity contribution in [3.05, 3.63) is 58.3 Å². The van der Waals surface area contributed by atoms with Crippen LogP contribution in [0.15, 0.2) is 47.3 Å². The molecule has 90 valence electrons. The molecule has 1 heterocycles. The molecule has 2 aromatic carbocycles. The number of aromatic nitrogens is 1. The number of para-hydroxylation sites is 1. The average Bonchev–Trinajstić information content (AvgIpc) is 2.39. The lowest BCUT2D eigenvalue weighted by Crippen LogP contribution is -2.06. The van der Waals surface area contributed by atoms with Gasteiger partial charge in [0.15, 0.2) is 5.43 Å². The molecule has 0 fully saturated rings. The third-order valence-electron chi connectivity index (χ3n) is 3.34. The van der Waals surface area contributed by atoms with Gasteiger partial charge in [0.1, 0.15) is 0 Å². The number of hydrogen-bond acceptors (Lipinski definition) is 1. The first-order valence-electron chi connectivity index (χ1n) is 6.34. The van der Waals surface area contributed by atoms with Crippen molar-refractivity contribution in [2.75, 3.05) is 0 Å². The lowest BCUT2D eigenvalue weighted by atomic mass is 10.0. The predicted octanol–water partition coefficient (Wildman–Crippen LogP) is 3.63. The molecule has 0 amide bonds. The second kappa shape index (κ2) is 4.30. The van der Waals surface area contributed by atoms with Crippen molar-refractivity contribution in [3.63, 3.8) is 0 Å². The smallest absolute Gasteiger partial charge is 0.197 e. The molecule has 0 unspecified atom stereocenters. The van der Waals surface area contributed by atoms with Gasteiger partial charge in [0.05, 0.1) is 5.52 Å². The number of pyridine rings is 1. The van der Waals surface area contributed by atoms with Gasteiger partial charge >= 0.3 is 0 Å². The Morgan fingerprint density at radius 2 is 1.78 bits per heavy atom. The number of benzene rings is 2. The van der Waals surface area contributed by atoms with Crippen molar-refractivity contribution in [2.24, 2.45) is 0 Å². The summed E-state index contributed by atoms with van der Waals surface area (Å²) in [6.45, 7) is 2.13. The van der Waals surface area contributed by atoms with Crippen molar-refractivity contribution in [1.29, 1.82) is 0 Å². The number of nitrogens with one attached hydrogen (secondary N) is 1. The van der Waals surface area contributed by atoms with Crippen LogP contribution in [0.5, 0.6) is 0 Å². The first kappa shape index (κ1) is 11.0. The maximum absolute atomic E-state index is 12.6. The molecule has 0 saturated heterocycles. The van der Waals surface area contributed by atoms with E-state index in [1.165, 1.54) is 0 Å². The van der Waals surface area contributed by atoms with Gasteiger partial charge in [-0.1, -0.05) is 37.6 Å². The number of hydrogen-bond donors (Lipinski definition) is 1. The highest BCUT2D eigenvalue weighted by Crippen LogP contribution is 2.18.